The maximum Gasteiger partial charge on any atom is 0.279 e. The summed E-state index contributed by atoms with van der Waals surface area (Å²) in [4.78, 5) is 5.26. The van der Waals surface area contributed by atoms with Gasteiger partial charge in [0.25, 0.3) is 5.19 Å². The zero-order chi connectivity index (χ0) is 14.8. The molecule has 0 radical (unpaired) electrons. The summed E-state index contributed by atoms with van der Waals surface area (Å²) in [7, 11) is 0. The van der Waals surface area contributed by atoms with Gasteiger partial charge in [0.2, 0.25) is 0 Å². The molecule has 0 fully saturated rings. The molecule has 0 saturated heterocycles. The Hall–Kier alpha value is -2.43. The second-order valence-corrected chi connectivity index (χ2v) is 5.68. The minimum absolute atomic E-state index is 0.210. The van der Waals surface area contributed by atoms with E-state index in [1.807, 2.05) is 13.0 Å². The number of ether oxygens (including phenoxy) is 1. The number of nitrogens with one attached hydrogen (secondary N) is 1. The van der Waals surface area contributed by atoms with Crippen LogP contribution in [0.4, 0.5) is 0 Å². The molecular weight excluding hydrogens is 310 g/mol. The van der Waals surface area contributed by atoms with E-state index < -0.39 is 0 Å². The zero-order valence-corrected chi connectivity index (χ0v) is 12.4. The fourth-order valence-electron chi connectivity index (χ4n) is 1.71. The van der Waals surface area contributed by atoms with E-state index in [1.165, 1.54) is 11.3 Å². The number of benzene rings is 1. The lowest BCUT2D eigenvalue weighted by atomic mass is 10.2. The lowest BCUT2D eigenvalue weighted by molar-refractivity contribution is 0.479. The number of rotatable bonds is 3. The van der Waals surface area contributed by atoms with Crippen molar-refractivity contribution in [1.82, 2.24) is 20.4 Å². The predicted octanol–water partition coefficient (Wildman–Crippen LogP) is 3.55. The molecule has 0 spiro atoms. The van der Waals surface area contributed by atoms with Gasteiger partial charge in [-0.15, -0.1) is 5.10 Å². The quantitative estimate of drug-likeness (QED) is 0.798. The van der Waals surface area contributed by atoms with Gasteiger partial charge in [0.05, 0.1) is 0 Å². The summed E-state index contributed by atoms with van der Waals surface area (Å²) in [6, 6.07) is 8.97. The van der Waals surface area contributed by atoms with Gasteiger partial charge in [0.1, 0.15) is 17.5 Å². The zero-order valence-electron chi connectivity index (χ0n) is 10.8. The number of aromatic amines is 1. The molecule has 1 N–H and O–H groups in total. The lowest BCUT2D eigenvalue weighted by Gasteiger charge is -2.00. The number of halogens is 1. The molecule has 3 rings (SSSR count). The number of H-pyrrole nitrogens is 1. The van der Waals surface area contributed by atoms with Crippen molar-refractivity contribution in [2.45, 2.75) is 6.92 Å². The van der Waals surface area contributed by atoms with Crippen molar-refractivity contribution in [3.63, 3.8) is 0 Å². The van der Waals surface area contributed by atoms with E-state index in [-0.39, 0.29) is 5.69 Å². The normalized spacial score (nSPS) is 10.3. The van der Waals surface area contributed by atoms with Crippen molar-refractivity contribution in [2.24, 2.45) is 0 Å². The summed E-state index contributed by atoms with van der Waals surface area (Å²) in [6.45, 7) is 1.89. The first kappa shape index (κ1) is 13.5. The molecule has 0 aliphatic heterocycles. The second kappa shape index (κ2) is 5.52. The molecule has 0 atom stereocenters. The molecule has 2 aromatic heterocycles. The Morgan fingerprint density at radius 1 is 1.24 bits per heavy atom. The van der Waals surface area contributed by atoms with Crippen LogP contribution in [0, 0.1) is 18.3 Å². The van der Waals surface area contributed by atoms with Crippen LogP contribution in [0.1, 0.15) is 10.6 Å². The number of hydrogen-bond acceptors (Lipinski definition) is 6. The number of aryl methyl sites for hydroxylation is 1. The summed E-state index contributed by atoms with van der Waals surface area (Å²) in [6.07, 6.45) is 0. The molecule has 2 heterocycles. The van der Waals surface area contributed by atoms with Gasteiger partial charge in [-0.2, -0.15) is 15.6 Å². The standard InChI is InChI=1S/C13H8ClN5OS/c1-7-11(12-10(6-15)17-19-18-12)16-13(21-7)20-9-4-2-8(14)3-5-9/h2-5H,1H3,(H,17,18,19). The SMILES string of the molecule is Cc1sc(Oc2ccc(Cl)cc2)nc1-c1n[nH]nc1C#N. The highest BCUT2D eigenvalue weighted by atomic mass is 35.5. The van der Waals surface area contributed by atoms with Gasteiger partial charge in [0, 0.05) is 9.90 Å². The molecule has 0 unspecified atom stereocenters. The van der Waals surface area contributed by atoms with Crippen molar-refractivity contribution in [3.8, 4) is 28.4 Å². The summed E-state index contributed by atoms with van der Waals surface area (Å²) in [5.41, 5.74) is 1.23. The van der Waals surface area contributed by atoms with Crippen LogP contribution in [0.25, 0.3) is 11.4 Å². The molecule has 1 aromatic carbocycles. The minimum Gasteiger partial charge on any atom is -0.431 e. The fraction of sp³-hybridized carbons (Fsp3) is 0.0769. The lowest BCUT2D eigenvalue weighted by Crippen LogP contribution is -1.86. The first-order valence-corrected chi connectivity index (χ1v) is 7.09. The maximum absolute atomic E-state index is 8.99. The predicted molar refractivity (Wildman–Crippen MR) is 78.5 cm³/mol. The number of nitrogens with zero attached hydrogens (tertiary/aromatic N) is 4. The highest BCUT2D eigenvalue weighted by molar-refractivity contribution is 7.13. The summed E-state index contributed by atoms with van der Waals surface area (Å²) < 4.78 is 5.67. The van der Waals surface area contributed by atoms with Crippen LogP contribution in [0.3, 0.4) is 0 Å². The van der Waals surface area contributed by atoms with Gasteiger partial charge in [-0.05, 0) is 31.2 Å². The van der Waals surface area contributed by atoms with Crippen LogP contribution in [-0.4, -0.2) is 20.4 Å². The van der Waals surface area contributed by atoms with Crippen LogP contribution < -0.4 is 4.74 Å². The second-order valence-electron chi connectivity index (χ2n) is 4.07. The molecule has 21 heavy (non-hydrogen) atoms. The van der Waals surface area contributed by atoms with Gasteiger partial charge in [-0.1, -0.05) is 22.9 Å². The van der Waals surface area contributed by atoms with E-state index in [4.69, 9.17) is 21.6 Å². The van der Waals surface area contributed by atoms with E-state index in [9.17, 15) is 0 Å². The third kappa shape index (κ3) is 2.72. The molecule has 0 amide bonds. The first-order chi connectivity index (χ1) is 10.2. The van der Waals surface area contributed by atoms with E-state index in [0.29, 0.717) is 27.4 Å². The molecule has 0 aliphatic rings. The molecule has 0 saturated carbocycles. The Morgan fingerprint density at radius 2 is 2.00 bits per heavy atom. The van der Waals surface area contributed by atoms with Gasteiger partial charge in [-0.25, -0.2) is 4.98 Å². The molecule has 3 aromatic rings. The van der Waals surface area contributed by atoms with Gasteiger partial charge in [-0.3, -0.25) is 0 Å². The molecule has 104 valence electrons. The summed E-state index contributed by atoms with van der Waals surface area (Å²) >= 11 is 7.20. The van der Waals surface area contributed by atoms with Crippen molar-refractivity contribution >= 4 is 22.9 Å². The Bertz CT molecular complexity index is 818. The number of nitriles is 1. The topological polar surface area (TPSA) is 87.5 Å². The Labute approximate surface area is 129 Å². The first-order valence-electron chi connectivity index (χ1n) is 5.89. The summed E-state index contributed by atoms with van der Waals surface area (Å²) in [5, 5.41) is 20.3. The van der Waals surface area contributed by atoms with E-state index >= 15 is 0 Å². The maximum atomic E-state index is 8.99. The van der Waals surface area contributed by atoms with Gasteiger partial charge < -0.3 is 4.74 Å². The van der Waals surface area contributed by atoms with E-state index in [1.54, 1.807) is 24.3 Å². The van der Waals surface area contributed by atoms with Crippen LogP contribution in [0.15, 0.2) is 24.3 Å². The van der Waals surface area contributed by atoms with E-state index in [2.05, 4.69) is 20.4 Å². The monoisotopic (exact) mass is 317 g/mol. The molecule has 0 aliphatic carbocycles. The third-order valence-electron chi connectivity index (χ3n) is 2.67. The Balaban J connectivity index is 1.91. The minimum atomic E-state index is 0.210. The molecular formula is C13H8ClN5OS. The largest absolute Gasteiger partial charge is 0.431 e. The van der Waals surface area contributed by atoms with Crippen molar-refractivity contribution < 1.29 is 4.74 Å². The van der Waals surface area contributed by atoms with E-state index in [0.717, 1.165) is 4.88 Å². The van der Waals surface area contributed by atoms with Gasteiger partial charge in [0.15, 0.2) is 11.4 Å². The molecule has 0 bridgehead atoms. The average molecular weight is 318 g/mol. The van der Waals surface area contributed by atoms with Crippen LogP contribution in [0.2, 0.25) is 5.02 Å². The number of thiazole rings is 1. The number of aromatic nitrogens is 4. The van der Waals surface area contributed by atoms with Crippen molar-refractivity contribution in [2.75, 3.05) is 0 Å². The van der Waals surface area contributed by atoms with Crippen molar-refractivity contribution in [1.29, 1.82) is 5.26 Å². The highest BCUT2D eigenvalue weighted by Crippen LogP contribution is 2.34. The van der Waals surface area contributed by atoms with Crippen molar-refractivity contribution in [3.05, 3.63) is 39.9 Å². The van der Waals surface area contributed by atoms with Crippen LogP contribution in [0.5, 0.6) is 10.9 Å². The third-order valence-corrected chi connectivity index (χ3v) is 3.77. The Kier molecular flexibility index (Phi) is 3.56. The molecule has 8 heteroatoms. The Morgan fingerprint density at radius 3 is 2.71 bits per heavy atom. The van der Waals surface area contributed by atoms with Crippen LogP contribution >= 0.6 is 22.9 Å². The summed E-state index contributed by atoms with van der Waals surface area (Å²) in [5.74, 6) is 0.639. The average Bonchev–Trinajstić information content (AvgIpc) is 3.07. The molecule has 6 nitrogen and oxygen atoms in total. The highest BCUT2D eigenvalue weighted by Gasteiger charge is 2.18. The van der Waals surface area contributed by atoms with Crippen LogP contribution in [-0.2, 0) is 0 Å². The fourth-order valence-corrected chi connectivity index (χ4v) is 2.61. The van der Waals surface area contributed by atoms with Gasteiger partial charge >= 0.3 is 0 Å². The smallest absolute Gasteiger partial charge is 0.279 e. The number of hydrogen-bond donors (Lipinski definition) is 1.